The molecule has 1 heterocycles. The minimum absolute atomic E-state index is 0.245. The lowest BCUT2D eigenvalue weighted by atomic mass is 10.0. The normalized spacial score (nSPS) is 10.9. The maximum absolute atomic E-state index is 12.6. The van der Waals surface area contributed by atoms with Crippen molar-refractivity contribution in [2.75, 3.05) is 12.8 Å². The van der Waals surface area contributed by atoms with Gasteiger partial charge in [0.2, 0.25) is 0 Å². The molecule has 0 aromatic carbocycles. The Morgan fingerprint density at radius 1 is 1.50 bits per heavy atom. The fraction of sp³-hybridized carbons (Fsp3) is 0.300. The molecule has 0 atom stereocenters. The number of nitrogens with zero attached hydrogens (tertiary/aromatic N) is 2. The third-order valence-corrected chi connectivity index (χ3v) is 2.19. The van der Waals surface area contributed by atoms with Gasteiger partial charge in [0.15, 0.2) is 5.69 Å². The maximum Gasteiger partial charge on any atom is 0.434 e. The number of carbonyl (C=O) groups is 1. The summed E-state index contributed by atoms with van der Waals surface area (Å²) < 4.78 is 42.2. The Hall–Kier alpha value is -2.30. The minimum atomic E-state index is -4.82. The fourth-order valence-corrected chi connectivity index (χ4v) is 1.40. The molecule has 0 saturated heterocycles. The molecular weight excluding hydrogens is 251 g/mol. The molecule has 1 rings (SSSR count). The van der Waals surface area contributed by atoms with Crippen LogP contribution in [0.4, 0.5) is 18.9 Å². The topological polar surface area (TPSA) is 89.0 Å². The summed E-state index contributed by atoms with van der Waals surface area (Å²) in [6.07, 6.45) is -4.82. The van der Waals surface area contributed by atoms with Crippen LogP contribution in [-0.2, 0) is 10.9 Å². The van der Waals surface area contributed by atoms with Crippen molar-refractivity contribution in [1.82, 2.24) is 4.98 Å². The van der Waals surface area contributed by atoms with Crippen LogP contribution in [0.15, 0.2) is 0 Å². The maximum atomic E-state index is 12.6. The molecule has 0 aliphatic heterocycles. The highest BCUT2D eigenvalue weighted by Crippen LogP contribution is 2.34. The zero-order valence-electron chi connectivity index (χ0n) is 9.42. The highest BCUT2D eigenvalue weighted by molar-refractivity contribution is 5.97. The molecule has 0 spiro atoms. The smallest absolute Gasteiger partial charge is 0.434 e. The zero-order chi connectivity index (χ0) is 14.1. The summed E-state index contributed by atoms with van der Waals surface area (Å²) in [7, 11) is 1.05. The SMILES string of the molecule is COC(=O)c1c(C)nc(C(F)(F)F)c(C#N)c1N. The summed E-state index contributed by atoms with van der Waals surface area (Å²) in [6.45, 7) is 1.18. The van der Waals surface area contributed by atoms with Crippen molar-refractivity contribution in [3.05, 3.63) is 22.5 Å². The first-order chi connectivity index (χ1) is 8.23. The van der Waals surface area contributed by atoms with Gasteiger partial charge in [-0.25, -0.2) is 9.78 Å². The third-order valence-electron chi connectivity index (χ3n) is 2.19. The summed E-state index contributed by atoms with van der Waals surface area (Å²) >= 11 is 0. The van der Waals surface area contributed by atoms with Crippen LogP contribution in [0, 0.1) is 18.3 Å². The van der Waals surface area contributed by atoms with E-state index in [2.05, 4.69) is 9.72 Å². The van der Waals surface area contributed by atoms with Crippen molar-refractivity contribution in [3.8, 4) is 6.07 Å². The lowest BCUT2D eigenvalue weighted by molar-refractivity contribution is -0.141. The van der Waals surface area contributed by atoms with E-state index in [1.54, 1.807) is 0 Å². The molecular formula is C10H8F3N3O2. The molecule has 96 valence electrons. The Balaban J connectivity index is 3.67. The highest BCUT2D eigenvalue weighted by atomic mass is 19.4. The molecule has 0 aliphatic rings. The molecule has 0 bridgehead atoms. The second kappa shape index (κ2) is 4.52. The number of nitriles is 1. The number of pyridine rings is 1. The average Bonchev–Trinajstić information content (AvgIpc) is 2.26. The Labute approximate surface area is 100.0 Å². The molecule has 5 nitrogen and oxygen atoms in total. The van der Waals surface area contributed by atoms with Gasteiger partial charge in [-0.05, 0) is 6.92 Å². The first kappa shape index (κ1) is 13.8. The van der Waals surface area contributed by atoms with Gasteiger partial charge in [-0.1, -0.05) is 0 Å². The van der Waals surface area contributed by atoms with E-state index in [1.807, 2.05) is 0 Å². The molecule has 8 heteroatoms. The summed E-state index contributed by atoms with van der Waals surface area (Å²) in [5, 5.41) is 8.71. The number of hydrogen-bond acceptors (Lipinski definition) is 5. The number of esters is 1. The van der Waals surface area contributed by atoms with Crippen molar-refractivity contribution < 1.29 is 22.7 Å². The van der Waals surface area contributed by atoms with E-state index in [0.29, 0.717) is 0 Å². The van der Waals surface area contributed by atoms with Crippen LogP contribution in [0.5, 0.6) is 0 Å². The second-order valence-corrected chi connectivity index (χ2v) is 3.31. The van der Waals surface area contributed by atoms with Crippen LogP contribution in [-0.4, -0.2) is 18.1 Å². The highest BCUT2D eigenvalue weighted by Gasteiger charge is 2.38. The Kier molecular flexibility index (Phi) is 3.46. The van der Waals surface area contributed by atoms with E-state index < -0.39 is 29.1 Å². The Morgan fingerprint density at radius 3 is 2.44 bits per heavy atom. The number of halogens is 3. The van der Waals surface area contributed by atoms with Gasteiger partial charge in [0.05, 0.1) is 18.5 Å². The lowest BCUT2D eigenvalue weighted by Gasteiger charge is -2.14. The Bertz CT molecular complexity index is 547. The van der Waals surface area contributed by atoms with Crippen LogP contribution < -0.4 is 5.73 Å². The van der Waals surface area contributed by atoms with Gasteiger partial charge >= 0.3 is 12.1 Å². The van der Waals surface area contributed by atoms with Gasteiger partial charge in [0, 0.05) is 0 Å². The first-order valence-electron chi connectivity index (χ1n) is 4.59. The summed E-state index contributed by atoms with van der Waals surface area (Å²) in [6, 6.07) is 1.30. The second-order valence-electron chi connectivity index (χ2n) is 3.31. The quantitative estimate of drug-likeness (QED) is 0.774. The molecule has 1 aromatic heterocycles. The van der Waals surface area contributed by atoms with Gasteiger partial charge in [-0.2, -0.15) is 18.4 Å². The number of aryl methyl sites for hydroxylation is 1. The van der Waals surface area contributed by atoms with E-state index >= 15 is 0 Å². The van der Waals surface area contributed by atoms with Crippen molar-refractivity contribution >= 4 is 11.7 Å². The van der Waals surface area contributed by atoms with Crippen LogP contribution in [0.3, 0.4) is 0 Å². The molecule has 18 heavy (non-hydrogen) atoms. The number of aromatic nitrogens is 1. The van der Waals surface area contributed by atoms with Crippen LogP contribution in [0.2, 0.25) is 0 Å². The van der Waals surface area contributed by atoms with Crippen molar-refractivity contribution in [2.45, 2.75) is 13.1 Å². The molecule has 0 saturated carbocycles. The first-order valence-corrected chi connectivity index (χ1v) is 4.59. The molecule has 0 unspecified atom stereocenters. The third kappa shape index (κ3) is 2.20. The predicted molar refractivity (Wildman–Crippen MR) is 54.4 cm³/mol. The van der Waals surface area contributed by atoms with E-state index in [9.17, 15) is 18.0 Å². The number of nitrogen functional groups attached to an aromatic ring is 1. The number of rotatable bonds is 1. The summed E-state index contributed by atoms with van der Waals surface area (Å²) in [4.78, 5) is 14.6. The van der Waals surface area contributed by atoms with Gasteiger partial charge in [-0.15, -0.1) is 0 Å². The van der Waals surface area contributed by atoms with Crippen molar-refractivity contribution in [3.63, 3.8) is 0 Å². The summed E-state index contributed by atoms with van der Waals surface area (Å²) in [5.41, 5.74) is 1.96. The van der Waals surface area contributed by atoms with Gasteiger partial charge in [0.25, 0.3) is 0 Å². The Morgan fingerprint density at radius 2 is 2.06 bits per heavy atom. The average molecular weight is 259 g/mol. The molecule has 0 radical (unpaired) electrons. The van der Waals surface area contributed by atoms with Gasteiger partial charge in [-0.3, -0.25) is 0 Å². The lowest BCUT2D eigenvalue weighted by Crippen LogP contribution is -2.18. The number of methoxy groups -OCH3 is 1. The van der Waals surface area contributed by atoms with E-state index in [1.165, 1.54) is 13.0 Å². The largest absolute Gasteiger partial charge is 0.465 e. The molecule has 0 fully saturated rings. The number of carbonyl (C=O) groups excluding carboxylic acids is 1. The van der Waals surface area contributed by atoms with E-state index in [0.717, 1.165) is 7.11 Å². The zero-order valence-corrected chi connectivity index (χ0v) is 9.42. The number of alkyl halides is 3. The van der Waals surface area contributed by atoms with Gasteiger partial charge < -0.3 is 10.5 Å². The summed E-state index contributed by atoms with van der Waals surface area (Å²) in [5.74, 6) is -0.942. The van der Waals surface area contributed by atoms with Crippen LogP contribution in [0.1, 0.15) is 27.3 Å². The van der Waals surface area contributed by atoms with Crippen LogP contribution >= 0.6 is 0 Å². The van der Waals surface area contributed by atoms with Gasteiger partial charge in [0.1, 0.15) is 17.2 Å². The molecule has 0 aliphatic carbocycles. The van der Waals surface area contributed by atoms with Crippen LogP contribution in [0.25, 0.3) is 0 Å². The number of hydrogen-bond donors (Lipinski definition) is 1. The molecule has 0 amide bonds. The van der Waals surface area contributed by atoms with Crippen molar-refractivity contribution in [1.29, 1.82) is 5.26 Å². The molecule has 1 aromatic rings. The van der Waals surface area contributed by atoms with E-state index in [4.69, 9.17) is 11.0 Å². The number of ether oxygens (including phenoxy) is 1. The number of nitrogens with two attached hydrogens (primary N) is 1. The number of anilines is 1. The monoisotopic (exact) mass is 259 g/mol. The predicted octanol–water partition coefficient (Wildman–Crippen LogP) is 1.65. The standard InChI is InChI=1S/C10H8F3N3O2/c1-4-6(9(17)18-2)7(15)5(3-14)8(16-4)10(11,12)13/h1-2H3,(H2,15,16). The fourth-order valence-electron chi connectivity index (χ4n) is 1.40. The minimum Gasteiger partial charge on any atom is -0.465 e. The molecule has 2 N–H and O–H groups in total. The van der Waals surface area contributed by atoms with E-state index in [-0.39, 0.29) is 11.3 Å². The van der Waals surface area contributed by atoms with Crippen molar-refractivity contribution in [2.24, 2.45) is 0 Å².